The van der Waals surface area contributed by atoms with Gasteiger partial charge in [-0.2, -0.15) is 0 Å². The van der Waals surface area contributed by atoms with Crippen LogP contribution in [0.15, 0.2) is 12.2 Å². The molecule has 1 atom stereocenters. The number of allylic oxidation sites excluding steroid dienone is 2. The fourth-order valence-corrected chi connectivity index (χ4v) is 1.90. The molecule has 2 aliphatic rings. The highest BCUT2D eigenvalue weighted by Gasteiger charge is 2.20. The summed E-state index contributed by atoms with van der Waals surface area (Å²) in [6.45, 7) is 1.25. The Hall–Kier alpha value is -0.300. The summed E-state index contributed by atoms with van der Waals surface area (Å²) in [5.74, 6) is 0.973. The van der Waals surface area contributed by atoms with Gasteiger partial charge in [0.05, 0.1) is 0 Å². The molecule has 0 aromatic heterocycles. The minimum absolute atomic E-state index is 0.893. The molecular formula is C11H19N. The Balaban J connectivity index is 1.55. The van der Waals surface area contributed by atoms with Gasteiger partial charge >= 0.3 is 0 Å². The van der Waals surface area contributed by atoms with E-state index in [2.05, 4.69) is 17.5 Å². The zero-order chi connectivity index (χ0) is 8.23. The molecule has 0 spiro atoms. The molecule has 0 radical (unpaired) electrons. The van der Waals surface area contributed by atoms with E-state index in [1.54, 1.807) is 0 Å². The van der Waals surface area contributed by atoms with Crippen LogP contribution in [0, 0.1) is 5.92 Å². The standard InChI is InChI=1S/C11H19N/c1-2-4-10(5-3-1)8-9-12-11-6-7-11/h1-2,10-12H,3-9H2. The molecule has 0 bridgehead atoms. The van der Waals surface area contributed by atoms with Crippen LogP contribution in [0.3, 0.4) is 0 Å². The lowest BCUT2D eigenvalue weighted by Gasteiger charge is -2.17. The van der Waals surface area contributed by atoms with Crippen LogP contribution in [-0.4, -0.2) is 12.6 Å². The average molecular weight is 165 g/mol. The lowest BCUT2D eigenvalue weighted by molar-refractivity contribution is 0.429. The molecule has 1 heteroatoms. The summed E-state index contributed by atoms with van der Waals surface area (Å²) in [7, 11) is 0. The van der Waals surface area contributed by atoms with E-state index in [1.165, 1.54) is 45.1 Å². The van der Waals surface area contributed by atoms with E-state index < -0.39 is 0 Å². The summed E-state index contributed by atoms with van der Waals surface area (Å²) in [4.78, 5) is 0. The zero-order valence-electron chi connectivity index (χ0n) is 7.76. The van der Waals surface area contributed by atoms with Crippen molar-refractivity contribution < 1.29 is 0 Å². The van der Waals surface area contributed by atoms with Gasteiger partial charge in [-0.3, -0.25) is 0 Å². The summed E-state index contributed by atoms with van der Waals surface area (Å²) in [6.07, 6.45) is 13.0. The predicted molar refractivity (Wildman–Crippen MR) is 52.1 cm³/mol. The molecule has 0 amide bonds. The molecule has 1 fully saturated rings. The van der Waals surface area contributed by atoms with E-state index in [0.29, 0.717) is 0 Å². The Kier molecular flexibility index (Phi) is 2.83. The molecular weight excluding hydrogens is 146 g/mol. The molecule has 1 saturated carbocycles. The van der Waals surface area contributed by atoms with Crippen molar-refractivity contribution in [3.05, 3.63) is 12.2 Å². The summed E-state index contributed by atoms with van der Waals surface area (Å²) in [5.41, 5.74) is 0. The van der Waals surface area contributed by atoms with Crippen molar-refractivity contribution >= 4 is 0 Å². The zero-order valence-corrected chi connectivity index (χ0v) is 7.76. The fraction of sp³-hybridized carbons (Fsp3) is 0.818. The summed E-state index contributed by atoms with van der Waals surface area (Å²) in [5, 5.41) is 3.58. The van der Waals surface area contributed by atoms with E-state index in [4.69, 9.17) is 0 Å². The van der Waals surface area contributed by atoms with Crippen LogP contribution < -0.4 is 5.32 Å². The quantitative estimate of drug-likeness (QED) is 0.631. The Bertz CT molecular complexity index is 158. The third-order valence-corrected chi connectivity index (χ3v) is 2.94. The molecule has 0 saturated heterocycles. The van der Waals surface area contributed by atoms with Crippen LogP contribution in [0.5, 0.6) is 0 Å². The van der Waals surface area contributed by atoms with Crippen molar-refractivity contribution in [2.75, 3.05) is 6.54 Å². The molecule has 1 N–H and O–H groups in total. The maximum Gasteiger partial charge on any atom is 0.00682 e. The van der Waals surface area contributed by atoms with Gasteiger partial charge in [-0.05, 0) is 51.0 Å². The van der Waals surface area contributed by atoms with Crippen molar-refractivity contribution in [2.24, 2.45) is 5.92 Å². The van der Waals surface area contributed by atoms with Crippen molar-refractivity contribution in [1.82, 2.24) is 5.32 Å². The van der Waals surface area contributed by atoms with Crippen molar-refractivity contribution in [2.45, 2.75) is 44.6 Å². The maximum atomic E-state index is 3.58. The Labute approximate surface area is 75.2 Å². The first-order valence-corrected chi connectivity index (χ1v) is 5.33. The first kappa shape index (κ1) is 8.31. The topological polar surface area (TPSA) is 12.0 Å². The van der Waals surface area contributed by atoms with Crippen LogP contribution in [0.1, 0.15) is 38.5 Å². The van der Waals surface area contributed by atoms with Crippen LogP contribution in [0.4, 0.5) is 0 Å². The second-order valence-corrected chi connectivity index (χ2v) is 4.17. The van der Waals surface area contributed by atoms with Gasteiger partial charge in [0.25, 0.3) is 0 Å². The van der Waals surface area contributed by atoms with Crippen LogP contribution in [0.2, 0.25) is 0 Å². The van der Waals surface area contributed by atoms with Gasteiger partial charge in [0, 0.05) is 6.04 Å². The Morgan fingerprint density at radius 1 is 1.17 bits per heavy atom. The van der Waals surface area contributed by atoms with Crippen LogP contribution in [0.25, 0.3) is 0 Å². The number of hydrogen-bond acceptors (Lipinski definition) is 1. The van der Waals surface area contributed by atoms with Gasteiger partial charge in [0.1, 0.15) is 0 Å². The normalized spacial score (nSPS) is 29.2. The minimum Gasteiger partial charge on any atom is -0.314 e. The highest BCUT2D eigenvalue weighted by Crippen LogP contribution is 2.22. The van der Waals surface area contributed by atoms with E-state index in [1.807, 2.05) is 0 Å². The van der Waals surface area contributed by atoms with E-state index in [0.717, 1.165) is 12.0 Å². The SMILES string of the molecule is C1=CCC(CCNC2CC2)CC1. The van der Waals surface area contributed by atoms with Crippen LogP contribution >= 0.6 is 0 Å². The number of hydrogen-bond donors (Lipinski definition) is 1. The fourth-order valence-electron chi connectivity index (χ4n) is 1.90. The van der Waals surface area contributed by atoms with Crippen molar-refractivity contribution in [3.8, 4) is 0 Å². The predicted octanol–water partition coefficient (Wildman–Crippen LogP) is 2.48. The number of nitrogens with one attached hydrogen (secondary N) is 1. The van der Waals surface area contributed by atoms with Crippen molar-refractivity contribution in [1.29, 1.82) is 0 Å². The van der Waals surface area contributed by atoms with Crippen molar-refractivity contribution in [3.63, 3.8) is 0 Å². The summed E-state index contributed by atoms with van der Waals surface area (Å²) >= 11 is 0. The van der Waals surface area contributed by atoms with Gasteiger partial charge in [-0.15, -0.1) is 0 Å². The molecule has 2 aliphatic carbocycles. The van der Waals surface area contributed by atoms with Gasteiger partial charge in [0.15, 0.2) is 0 Å². The first-order chi connectivity index (χ1) is 5.95. The van der Waals surface area contributed by atoms with E-state index in [9.17, 15) is 0 Å². The largest absolute Gasteiger partial charge is 0.314 e. The van der Waals surface area contributed by atoms with E-state index >= 15 is 0 Å². The smallest absolute Gasteiger partial charge is 0.00682 e. The molecule has 0 heterocycles. The molecule has 0 aromatic rings. The molecule has 2 rings (SSSR count). The molecule has 12 heavy (non-hydrogen) atoms. The first-order valence-electron chi connectivity index (χ1n) is 5.33. The van der Waals surface area contributed by atoms with Gasteiger partial charge < -0.3 is 5.32 Å². The molecule has 1 nitrogen and oxygen atoms in total. The Morgan fingerprint density at radius 3 is 2.75 bits per heavy atom. The van der Waals surface area contributed by atoms with Gasteiger partial charge in [0.2, 0.25) is 0 Å². The highest BCUT2D eigenvalue weighted by molar-refractivity contribution is 4.90. The third-order valence-electron chi connectivity index (χ3n) is 2.94. The minimum atomic E-state index is 0.893. The second-order valence-electron chi connectivity index (χ2n) is 4.17. The second kappa shape index (κ2) is 4.08. The maximum absolute atomic E-state index is 3.58. The van der Waals surface area contributed by atoms with E-state index in [-0.39, 0.29) is 0 Å². The third kappa shape index (κ3) is 2.63. The van der Waals surface area contributed by atoms with Gasteiger partial charge in [-0.1, -0.05) is 12.2 Å². The average Bonchev–Trinajstić information content (AvgIpc) is 2.90. The molecule has 68 valence electrons. The highest BCUT2D eigenvalue weighted by atomic mass is 14.9. The monoisotopic (exact) mass is 165 g/mol. The summed E-state index contributed by atoms with van der Waals surface area (Å²) < 4.78 is 0. The summed E-state index contributed by atoms with van der Waals surface area (Å²) in [6, 6.07) is 0.893. The van der Waals surface area contributed by atoms with Crippen LogP contribution in [-0.2, 0) is 0 Å². The lowest BCUT2D eigenvalue weighted by atomic mass is 9.91. The molecule has 1 unspecified atom stereocenters. The number of rotatable bonds is 4. The lowest BCUT2D eigenvalue weighted by Crippen LogP contribution is -2.20. The molecule has 0 aliphatic heterocycles. The van der Waals surface area contributed by atoms with Gasteiger partial charge in [-0.25, -0.2) is 0 Å². The molecule has 0 aromatic carbocycles. The Morgan fingerprint density at radius 2 is 2.08 bits per heavy atom.